The van der Waals surface area contributed by atoms with Gasteiger partial charge in [-0.3, -0.25) is 4.79 Å². The van der Waals surface area contributed by atoms with Gasteiger partial charge in [-0.25, -0.2) is 0 Å². The van der Waals surface area contributed by atoms with E-state index in [1.54, 1.807) is 18.2 Å². The molecule has 5 heteroatoms. The molecule has 0 aliphatic carbocycles. The molecule has 76 valence electrons. The molecule has 15 heavy (non-hydrogen) atoms. The molecule has 1 amide bonds. The van der Waals surface area contributed by atoms with Crippen molar-refractivity contribution in [2.75, 3.05) is 5.32 Å². The zero-order valence-electron chi connectivity index (χ0n) is 7.68. The van der Waals surface area contributed by atoms with Crippen molar-refractivity contribution in [2.24, 2.45) is 0 Å². The lowest BCUT2D eigenvalue weighted by Crippen LogP contribution is -2.10. The van der Waals surface area contributed by atoms with E-state index in [2.05, 4.69) is 15.0 Å². The summed E-state index contributed by atoms with van der Waals surface area (Å²) in [5, 5.41) is 15.3. The molecule has 0 radical (unpaired) electrons. The molecule has 5 nitrogen and oxygen atoms in total. The maximum absolute atomic E-state index is 11.5. The van der Waals surface area contributed by atoms with E-state index in [0.717, 1.165) is 0 Å². The fraction of sp³-hybridized carbons (Fsp3) is 0. The van der Waals surface area contributed by atoms with Crippen LogP contribution < -0.4 is 5.32 Å². The van der Waals surface area contributed by atoms with Gasteiger partial charge in [0, 0.05) is 6.07 Å². The molecule has 2 N–H and O–H groups in total. The van der Waals surface area contributed by atoms with Gasteiger partial charge in [0.1, 0.15) is 5.75 Å². The Morgan fingerprint density at radius 1 is 1.33 bits per heavy atom. The monoisotopic (exact) mass is 204 g/mol. The topological polar surface area (TPSA) is 75.4 Å². The predicted molar refractivity (Wildman–Crippen MR) is 52.6 cm³/mol. The number of phenols is 1. The Morgan fingerprint density at radius 3 is 2.80 bits per heavy atom. The summed E-state index contributed by atoms with van der Waals surface area (Å²) in [6.45, 7) is 0. The molecule has 0 bridgehead atoms. The number of carbonyl (C=O) groups excluding carboxylic acids is 1. The number of hydrogen-bond acceptors (Lipinski definition) is 4. The van der Waals surface area contributed by atoms with Crippen molar-refractivity contribution in [1.82, 2.24) is 5.16 Å². The summed E-state index contributed by atoms with van der Waals surface area (Å²) in [5.41, 5.74) is 0.332. The number of para-hydroxylation sites is 2. The van der Waals surface area contributed by atoms with Gasteiger partial charge in [-0.05, 0) is 12.1 Å². The van der Waals surface area contributed by atoms with Crippen LogP contribution in [-0.2, 0) is 0 Å². The number of aromatic hydroxyl groups is 1. The molecule has 0 aliphatic rings. The van der Waals surface area contributed by atoms with E-state index in [1.165, 1.54) is 18.3 Å². The van der Waals surface area contributed by atoms with Crippen LogP contribution in [0.25, 0.3) is 0 Å². The van der Waals surface area contributed by atoms with Crippen LogP contribution in [-0.4, -0.2) is 16.2 Å². The molecule has 1 heterocycles. The van der Waals surface area contributed by atoms with E-state index in [9.17, 15) is 9.90 Å². The van der Waals surface area contributed by atoms with Gasteiger partial charge in [-0.15, -0.1) is 0 Å². The number of nitrogens with one attached hydrogen (secondary N) is 1. The van der Waals surface area contributed by atoms with Crippen molar-refractivity contribution < 1.29 is 14.4 Å². The van der Waals surface area contributed by atoms with E-state index in [1.807, 2.05) is 0 Å². The maximum atomic E-state index is 11.5. The van der Waals surface area contributed by atoms with Crippen LogP contribution in [0.4, 0.5) is 5.69 Å². The molecule has 0 saturated carbocycles. The Morgan fingerprint density at radius 2 is 2.13 bits per heavy atom. The number of amides is 1. The number of nitrogens with zero attached hydrogens (tertiary/aromatic N) is 1. The number of carbonyl (C=O) groups is 1. The minimum Gasteiger partial charge on any atom is -0.506 e. The molecule has 2 rings (SSSR count). The number of anilines is 1. The van der Waals surface area contributed by atoms with Crippen LogP contribution in [0, 0.1) is 0 Å². The van der Waals surface area contributed by atoms with Gasteiger partial charge in [0.25, 0.3) is 5.91 Å². The zero-order valence-corrected chi connectivity index (χ0v) is 7.68. The Bertz CT molecular complexity index is 465. The minimum absolute atomic E-state index is 0.00497. The van der Waals surface area contributed by atoms with Gasteiger partial charge in [0.2, 0.25) is 5.76 Å². The summed E-state index contributed by atoms with van der Waals surface area (Å²) in [7, 11) is 0. The summed E-state index contributed by atoms with van der Waals surface area (Å²) in [4.78, 5) is 11.5. The van der Waals surface area contributed by atoms with Gasteiger partial charge in [0.05, 0.1) is 11.9 Å². The number of phenolic OH excluding ortho intramolecular Hbond substituents is 1. The highest BCUT2D eigenvalue weighted by molar-refractivity contribution is 6.02. The molecule has 0 saturated heterocycles. The van der Waals surface area contributed by atoms with Crippen molar-refractivity contribution in [2.45, 2.75) is 0 Å². The summed E-state index contributed by atoms with van der Waals surface area (Å²) in [5.74, 6) is -0.349. The molecule has 0 spiro atoms. The number of hydrogen-bond donors (Lipinski definition) is 2. The molecule has 1 aromatic carbocycles. The second-order valence-corrected chi connectivity index (χ2v) is 2.85. The molecule has 2 aromatic rings. The van der Waals surface area contributed by atoms with E-state index < -0.39 is 5.91 Å². The second kappa shape index (κ2) is 3.83. The van der Waals surface area contributed by atoms with Crippen LogP contribution in [0.1, 0.15) is 10.6 Å². The van der Waals surface area contributed by atoms with E-state index in [0.29, 0.717) is 5.69 Å². The van der Waals surface area contributed by atoms with E-state index in [-0.39, 0.29) is 11.5 Å². The first-order chi connectivity index (χ1) is 7.27. The third-order valence-corrected chi connectivity index (χ3v) is 1.81. The highest BCUT2D eigenvalue weighted by Gasteiger charge is 2.11. The average molecular weight is 204 g/mol. The number of rotatable bonds is 2. The van der Waals surface area contributed by atoms with Crippen molar-refractivity contribution >= 4 is 11.6 Å². The largest absolute Gasteiger partial charge is 0.506 e. The van der Waals surface area contributed by atoms with Crippen LogP contribution in [0.2, 0.25) is 0 Å². The molecule has 1 aromatic heterocycles. The molecule has 0 unspecified atom stereocenters. The standard InChI is InChI=1S/C10H8N2O3/c13-8-4-2-1-3-7(8)12-10(14)9-5-6-11-15-9/h1-6,13H,(H,12,14). The summed E-state index contributed by atoms with van der Waals surface area (Å²) in [6, 6.07) is 7.88. The number of benzene rings is 1. The van der Waals surface area contributed by atoms with E-state index >= 15 is 0 Å². The quantitative estimate of drug-likeness (QED) is 0.729. The number of aromatic nitrogens is 1. The van der Waals surface area contributed by atoms with Crippen LogP contribution in [0.15, 0.2) is 41.1 Å². The van der Waals surface area contributed by atoms with Crippen molar-refractivity contribution in [3.05, 3.63) is 42.3 Å². The Hall–Kier alpha value is -2.30. The fourth-order valence-electron chi connectivity index (χ4n) is 1.10. The van der Waals surface area contributed by atoms with Gasteiger partial charge in [-0.1, -0.05) is 17.3 Å². The summed E-state index contributed by atoms with van der Waals surface area (Å²) < 4.78 is 4.66. The predicted octanol–water partition coefficient (Wildman–Crippen LogP) is 1.63. The maximum Gasteiger partial charge on any atom is 0.294 e. The second-order valence-electron chi connectivity index (χ2n) is 2.85. The minimum atomic E-state index is -0.450. The zero-order chi connectivity index (χ0) is 10.7. The molecular weight excluding hydrogens is 196 g/mol. The summed E-state index contributed by atoms with van der Waals surface area (Å²) >= 11 is 0. The lowest BCUT2D eigenvalue weighted by atomic mass is 10.3. The smallest absolute Gasteiger partial charge is 0.294 e. The van der Waals surface area contributed by atoms with Gasteiger partial charge in [-0.2, -0.15) is 0 Å². The van der Waals surface area contributed by atoms with Crippen molar-refractivity contribution in [3.8, 4) is 5.75 Å². The highest BCUT2D eigenvalue weighted by atomic mass is 16.5. The van der Waals surface area contributed by atoms with Gasteiger partial charge < -0.3 is 14.9 Å². The Kier molecular flexibility index (Phi) is 2.37. The lowest BCUT2D eigenvalue weighted by molar-refractivity contribution is 0.0987. The van der Waals surface area contributed by atoms with Gasteiger partial charge in [0.15, 0.2) is 0 Å². The van der Waals surface area contributed by atoms with Crippen LogP contribution >= 0.6 is 0 Å². The Labute approximate surface area is 85.3 Å². The molecule has 0 fully saturated rings. The molecule has 0 aliphatic heterocycles. The van der Waals surface area contributed by atoms with Crippen molar-refractivity contribution in [1.29, 1.82) is 0 Å². The third-order valence-electron chi connectivity index (χ3n) is 1.81. The molecule has 0 atom stereocenters. The lowest BCUT2D eigenvalue weighted by Gasteiger charge is -2.03. The van der Waals surface area contributed by atoms with Crippen LogP contribution in [0.5, 0.6) is 5.75 Å². The summed E-state index contributed by atoms with van der Waals surface area (Å²) in [6.07, 6.45) is 1.37. The first-order valence-electron chi connectivity index (χ1n) is 4.27. The third kappa shape index (κ3) is 1.96. The van der Waals surface area contributed by atoms with E-state index in [4.69, 9.17) is 0 Å². The fourth-order valence-corrected chi connectivity index (χ4v) is 1.10. The normalized spacial score (nSPS) is 9.87. The Balaban J connectivity index is 2.17. The van der Waals surface area contributed by atoms with Crippen LogP contribution in [0.3, 0.4) is 0 Å². The highest BCUT2D eigenvalue weighted by Crippen LogP contribution is 2.21. The van der Waals surface area contributed by atoms with Crippen molar-refractivity contribution in [3.63, 3.8) is 0 Å². The SMILES string of the molecule is O=C(Nc1ccccc1O)c1ccno1. The first kappa shape index (κ1) is 9.26. The molecular formula is C10H8N2O3. The average Bonchev–Trinajstić information content (AvgIpc) is 2.74. The van der Waals surface area contributed by atoms with Gasteiger partial charge >= 0.3 is 0 Å². The first-order valence-corrected chi connectivity index (χ1v) is 4.27.